The molecule has 0 amide bonds. The molecule has 3 N–H and O–H groups in total. The summed E-state index contributed by atoms with van der Waals surface area (Å²) in [6, 6.07) is 0. The van der Waals surface area contributed by atoms with Gasteiger partial charge in [-0.05, 0) is 85.7 Å². The number of aliphatic hydroxyl groups excluding tert-OH is 2. The average molecular weight is 525 g/mol. The topological polar surface area (TPSA) is 60.7 Å². The maximum atomic E-state index is 13.0. The number of hydrogen-bond donors (Lipinski definition) is 3. The summed E-state index contributed by atoms with van der Waals surface area (Å²) in [5.41, 5.74) is -2.08. The highest BCUT2D eigenvalue weighted by Crippen LogP contribution is 2.60. The minimum atomic E-state index is -5.77. The second-order valence-corrected chi connectivity index (χ2v) is 11.4. The Kier molecular flexibility index (Phi) is 8.48. The van der Waals surface area contributed by atoms with Crippen LogP contribution >= 0.6 is 0 Å². The highest BCUT2D eigenvalue weighted by molar-refractivity contribution is 5.38. The molecule has 3 fully saturated rings. The van der Waals surface area contributed by atoms with Gasteiger partial charge in [-0.3, -0.25) is 0 Å². The summed E-state index contributed by atoms with van der Waals surface area (Å²) in [5.74, 6) is 0.355. The molecule has 0 bridgehead atoms. The van der Waals surface area contributed by atoms with Gasteiger partial charge in [0.15, 0.2) is 0 Å². The molecule has 9 heteroatoms. The van der Waals surface area contributed by atoms with Crippen molar-refractivity contribution in [3.05, 3.63) is 35.5 Å². The first-order valence-corrected chi connectivity index (χ1v) is 12.8. The van der Waals surface area contributed by atoms with E-state index < -0.39 is 36.6 Å². The van der Waals surface area contributed by atoms with Crippen molar-refractivity contribution in [1.29, 1.82) is 0 Å². The van der Waals surface area contributed by atoms with Crippen LogP contribution in [-0.4, -0.2) is 45.5 Å². The molecule has 0 saturated heterocycles. The minimum Gasteiger partial charge on any atom is -0.393 e. The molecule has 3 nitrogen and oxygen atoms in total. The lowest BCUT2D eigenvalue weighted by Gasteiger charge is -2.44. The monoisotopic (exact) mass is 524 g/mol. The molecule has 3 aliphatic rings. The van der Waals surface area contributed by atoms with Crippen LogP contribution in [0.4, 0.5) is 26.3 Å². The van der Waals surface area contributed by atoms with Crippen LogP contribution in [0.5, 0.6) is 0 Å². The molecule has 0 aliphatic heterocycles. The van der Waals surface area contributed by atoms with Crippen molar-refractivity contribution in [1.82, 2.24) is 0 Å². The number of rotatable bonds is 6. The zero-order chi connectivity index (χ0) is 27.1. The predicted octanol–water partition coefficient (Wildman–Crippen LogP) is 6.79. The lowest BCUT2D eigenvalue weighted by molar-refractivity contribution is -0.370. The Morgan fingerprint density at radius 3 is 2.33 bits per heavy atom. The lowest BCUT2D eigenvalue weighted by Crippen LogP contribution is -2.56. The zero-order valence-electron chi connectivity index (χ0n) is 20.9. The van der Waals surface area contributed by atoms with E-state index in [0.717, 1.165) is 37.7 Å². The van der Waals surface area contributed by atoms with Crippen LogP contribution < -0.4 is 0 Å². The molecule has 0 aromatic rings. The molecule has 0 unspecified atom stereocenters. The van der Waals surface area contributed by atoms with Crippen LogP contribution in [0.2, 0.25) is 0 Å². The standard InChI is InChI=1S/C27H38F6O3/c1-16(6-4-13-25(36,26(28,29)30)27(31,32)33)21-10-11-22-18(7-5-12-24(21,22)3)8-9-19-14-20(34)15-23(35)17(19)2/h8-9,16,20-23,34-36H,2,4-7,10-15H2,1,3H3/b18-8+,19-9-/t16-,20-,21-,22+,23-,24-/m1/s1. The Bertz CT molecular complexity index is 860. The third-order valence-electron chi connectivity index (χ3n) is 9.12. The molecule has 6 atom stereocenters. The van der Waals surface area contributed by atoms with Crippen molar-refractivity contribution in [2.45, 2.75) is 108 Å². The molecule has 0 radical (unpaired) electrons. The quantitative estimate of drug-likeness (QED) is 0.336. The molecule has 0 spiro atoms. The molecule has 3 aliphatic carbocycles. The maximum absolute atomic E-state index is 13.0. The number of hydrogen-bond acceptors (Lipinski definition) is 3. The fourth-order valence-corrected chi connectivity index (χ4v) is 7.00. The first-order valence-electron chi connectivity index (χ1n) is 12.8. The number of halogens is 6. The summed E-state index contributed by atoms with van der Waals surface area (Å²) >= 11 is 0. The van der Waals surface area contributed by atoms with Gasteiger partial charge in [0.1, 0.15) is 0 Å². The Hall–Kier alpha value is -1.32. The van der Waals surface area contributed by atoms with Gasteiger partial charge in [-0.1, -0.05) is 44.6 Å². The largest absolute Gasteiger partial charge is 0.426 e. The Labute approximate surface area is 209 Å². The number of aliphatic hydroxyl groups is 3. The van der Waals surface area contributed by atoms with Crippen molar-refractivity contribution in [2.24, 2.45) is 23.2 Å². The third-order valence-corrected chi connectivity index (χ3v) is 9.12. The zero-order valence-corrected chi connectivity index (χ0v) is 20.9. The van der Waals surface area contributed by atoms with Gasteiger partial charge in [-0.2, -0.15) is 26.3 Å². The van der Waals surface area contributed by atoms with E-state index in [4.69, 9.17) is 0 Å². The molecule has 36 heavy (non-hydrogen) atoms. The lowest BCUT2D eigenvalue weighted by atomic mass is 9.60. The van der Waals surface area contributed by atoms with Gasteiger partial charge in [0.2, 0.25) is 0 Å². The van der Waals surface area contributed by atoms with Crippen molar-refractivity contribution in [2.75, 3.05) is 0 Å². The Morgan fingerprint density at radius 2 is 1.72 bits per heavy atom. The van der Waals surface area contributed by atoms with E-state index in [1.807, 2.05) is 13.0 Å². The summed E-state index contributed by atoms with van der Waals surface area (Å²) in [4.78, 5) is 0. The smallest absolute Gasteiger partial charge is 0.393 e. The summed E-state index contributed by atoms with van der Waals surface area (Å²) in [6.45, 7) is 8.03. The third kappa shape index (κ3) is 5.58. The Morgan fingerprint density at radius 1 is 1.08 bits per heavy atom. The van der Waals surface area contributed by atoms with Crippen molar-refractivity contribution in [3.63, 3.8) is 0 Å². The van der Waals surface area contributed by atoms with Gasteiger partial charge in [-0.15, -0.1) is 0 Å². The maximum Gasteiger partial charge on any atom is 0.426 e. The van der Waals surface area contributed by atoms with E-state index in [1.165, 1.54) is 5.57 Å². The van der Waals surface area contributed by atoms with E-state index >= 15 is 0 Å². The van der Waals surface area contributed by atoms with Gasteiger partial charge in [0, 0.05) is 6.42 Å². The van der Waals surface area contributed by atoms with Gasteiger partial charge < -0.3 is 15.3 Å². The first-order chi connectivity index (χ1) is 16.5. The summed E-state index contributed by atoms with van der Waals surface area (Å²) in [5, 5.41) is 29.5. The van der Waals surface area contributed by atoms with Gasteiger partial charge in [-0.25, -0.2) is 0 Å². The normalized spacial score (nSPS) is 35.4. The molecule has 3 rings (SSSR count). The van der Waals surface area contributed by atoms with Crippen LogP contribution in [0, 0.1) is 23.2 Å². The second kappa shape index (κ2) is 10.4. The van der Waals surface area contributed by atoms with Crippen molar-refractivity contribution in [3.8, 4) is 0 Å². The summed E-state index contributed by atoms with van der Waals surface area (Å²) in [7, 11) is 0. The number of alkyl halides is 6. The van der Waals surface area contributed by atoms with Gasteiger partial charge >= 0.3 is 12.4 Å². The van der Waals surface area contributed by atoms with Crippen molar-refractivity contribution >= 4 is 0 Å². The fourth-order valence-electron chi connectivity index (χ4n) is 7.00. The van der Waals surface area contributed by atoms with Crippen molar-refractivity contribution < 1.29 is 41.7 Å². The van der Waals surface area contributed by atoms with E-state index in [0.29, 0.717) is 12.0 Å². The van der Waals surface area contributed by atoms with Gasteiger partial charge in [0.25, 0.3) is 5.60 Å². The first kappa shape index (κ1) is 29.2. The second-order valence-electron chi connectivity index (χ2n) is 11.4. The molecule has 0 aromatic heterocycles. The molecule has 0 aromatic carbocycles. The van der Waals surface area contributed by atoms with Crippen LogP contribution in [-0.2, 0) is 0 Å². The van der Waals surface area contributed by atoms with Gasteiger partial charge in [0.05, 0.1) is 12.2 Å². The highest BCUT2D eigenvalue weighted by atomic mass is 19.4. The predicted molar refractivity (Wildman–Crippen MR) is 125 cm³/mol. The average Bonchev–Trinajstić information content (AvgIpc) is 3.11. The van der Waals surface area contributed by atoms with E-state index in [9.17, 15) is 41.7 Å². The number of fused-ring (bicyclic) bond motifs is 1. The molecule has 206 valence electrons. The minimum absolute atomic E-state index is 0.0770. The Balaban J connectivity index is 1.69. The summed E-state index contributed by atoms with van der Waals surface area (Å²) in [6.07, 6.45) is -5.24. The van der Waals surface area contributed by atoms with Crippen LogP contribution in [0.1, 0.15) is 78.1 Å². The molecular formula is C27H38F6O3. The van der Waals surface area contributed by atoms with E-state index in [2.05, 4.69) is 19.6 Å². The summed E-state index contributed by atoms with van der Waals surface area (Å²) < 4.78 is 78.1. The van der Waals surface area contributed by atoms with Crippen LogP contribution in [0.3, 0.4) is 0 Å². The van der Waals surface area contributed by atoms with Crippen LogP contribution in [0.15, 0.2) is 35.5 Å². The SMILES string of the molecule is C=C1/C(=C\C=C2/CCC[C@]3(C)[C@@H]([C@H](C)CCCC(O)(C(F)(F)F)C(F)(F)F)CC[C@@H]23)C[C@@H](O)C[C@H]1O. The highest BCUT2D eigenvalue weighted by Gasteiger charge is 2.69. The van der Waals surface area contributed by atoms with E-state index in [1.54, 1.807) is 0 Å². The van der Waals surface area contributed by atoms with Crippen LogP contribution in [0.25, 0.3) is 0 Å². The fraction of sp³-hybridized carbons (Fsp3) is 0.778. The van der Waals surface area contributed by atoms with E-state index in [-0.39, 0.29) is 42.4 Å². The molecule has 0 heterocycles. The molecular weight excluding hydrogens is 486 g/mol. The number of allylic oxidation sites excluding steroid dienone is 3. The molecule has 3 saturated carbocycles.